The van der Waals surface area contributed by atoms with Crippen molar-refractivity contribution in [2.45, 2.75) is 9.64 Å². The molecule has 0 aliphatic carbocycles. The van der Waals surface area contributed by atoms with Gasteiger partial charge in [-0.25, -0.2) is 4.39 Å². The first-order valence-corrected chi connectivity index (χ1v) is 9.42. The van der Waals surface area contributed by atoms with Gasteiger partial charge in [-0.3, -0.25) is 4.79 Å². The molecule has 132 valence electrons. The summed E-state index contributed by atoms with van der Waals surface area (Å²) >= 11 is 1.52. The molecule has 0 aromatic heterocycles. The molecule has 1 atom stereocenters. The summed E-state index contributed by atoms with van der Waals surface area (Å²) in [4.78, 5) is 14.1. The van der Waals surface area contributed by atoms with Crippen LogP contribution in [-0.2, 0) is 9.54 Å². The van der Waals surface area contributed by atoms with Crippen LogP contribution in [0, 0.1) is 5.82 Å². The van der Waals surface area contributed by atoms with E-state index in [1.54, 1.807) is 12.1 Å². The maximum atomic E-state index is 13.4. The summed E-state index contributed by atoms with van der Waals surface area (Å²) in [5.41, 5.74) is 4.28. The fraction of sp³-hybridized carbons (Fsp3) is 0.0455. The second-order valence-corrected chi connectivity index (χ2v) is 7.81. The molecule has 0 radical (unpaired) electrons. The first-order valence-electron chi connectivity index (χ1n) is 8.60. The summed E-state index contributed by atoms with van der Waals surface area (Å²) in [5, 5.41) is 6.44. The maximum Gasteiger partial charge on any atom is 0.249 e. The summed E-state index contributed by atoms with van der Waals surface area (Å²) in [7, 11) is 0. The van der Waals surface area contributed by atoms with E-state index in [-0.39, 0.29) is 11.7 Å². The fourth-order valence-corrected chi connectivity index (χ4v) is 4.86. The Morgan fingerprint density at radius 1 is 0.815 bits per heavy atom. The first-order chi connectivity index (χ1) is 13.2. The second kappa shape index (κ2) is 5.99. The van der Waals surface area contributed by atoms with Gasteiger partial charge in [0.25, 0.3) is 0 Å². The number of carbonyl (C=O) groups excluding carboxylic acids is 1. The topological polar surface area (TPSA) is 41.1 Å². The van der Waals surface area contributed by atoms with Crippen molar-refractivity contribution in [1.82, 2.24) is 0 Å². The standard InChI is InChI=1S/C22H15FN2OS/c23-15-11-9-14(10-12-15)19-13-22(27-20-8-4-3-7-18(20)24-19)16-5-1-2-6-17(16)25-21(22)26/h1-13,24H,(H,25,26)/t22-/m0/s1. The first kappa shape index (κ1) is 16.1. The Morgan fingerprint density at radius 2 is 1.52 bits per heavy atom. The average Bonchev–Trinajstić information content (AvgIpc) is 2.84. The smallest absolute Gasteiger partial charge is 0.249 e. The van der Waals surface area contributed by atoms with Crippen molar-refractivity contribution in [2.75, 3.05) is 10.6 Å². The zero-order chi connectivity index (χ0) is 18.4. The van der Waals surface area contributed by atoms with Gasteiger partial charge in [0.15, 0.2) is 0 Å². The lowest BCUT2D eigenvalue weighted by molar-refractivity contribution is -0.116. The summed E-state index contributed by atoms with van der Waals surface area (Å²) in [6.07, 6.45) is 1.95. The third-order valence-electron chi connectivity index (χ3n) is 4.84. The van der Waals surface area contributed by atoms with Crippen LogP contribution in [0.5, 0.6) is 0 Å². The quantitative estimate of drug-likeness (QED) is 0.613. The number of thioether (sulfide) groups is 1. The number of hydrogen-bond acceptors (Lipinski definition) is 3. The minimum absolute atomic E-state index is 0.0770. The van der Waals surface area contributed by atoms with Crippen molar-refractivity contribution in [3.63, 3.8) is 0 Å². The lowest BCUT2D eigenvalue weighted by atomic mass is 9.96. The zero-order valence-electron chi connectivity index (χ0n) is 14.2. The number of fused-ring (bicyclic) bond motifs is 3. The highest BCUT2D eigenvalue weighted by Crippen LogP contribution is 2.54. The monoisotopic (exact) mass is 374 g/mol. The Bertz CT molecular complexity index is 1090. The van der Waals surface area contributed by atoms with Gasteiger partial charge in [0, 0.05) is 21.8 Å². The molecule has 3 nitrogen and oxygen atoms in total. The molecule has 0 saturated heterocycles. The van der Waals surface area contributed by atoms with Crippen LogP contribution >= 0.6 is 11.8 Å². The lowest BCUT2D eigenvalue weighted by Crippen LogP contribution is -2.29. The Morgan fingerprint density at radius 3 is 2.33 bits per heavy atom. The van der Waals surface area contributed by atoms with Gasteiger partial charge in [-0.2, -0.15) is 0 Å². The molecule has 2 N–H and O–H groups in total. The zero-order valence-corrected chi connectivity index (χ0v) is 15.0. The summed E-state index contributed by atoms with van der Waals surface area (Å²) in [6.45, 7) is 0. The molecule has 5 rings (SSSR count). The molecule has 0 bridgehead atoms. The van der Waals surface area contributed by atoms with Crippen LogP contribution in [-0.4, -0.2) is 5.91 Å². The number of hydrogen-bond donors (Lipinski definition) is 2. The van der Waals surface area contributed by atoms with E-state index in [2.05, 4.69) is 10.6 Å². The van der Waals surface area contributed by atoms with Crippen molar-refractivity contribution >= 4 is 34.7 Å². The van der Waals surface area contributed by atoms with Crippen molar-refractivity contribution in [2.24, 2.45) is 0 Å². The van der Waals surface area contributed by atoms with Gasteiger partial charge >= 0.3 is 0 Å². The van der Waals surface area contributed by atoms with E-state index in [0.29, 0.717) is 0 Å². The summed E-state index contributed by atoms with van der Waals surface area (Å²) in [6, 6.07) is 21.9. The number of carbonyl (C=O) groups is 1. The molecule has 2 aliphatic rings. The summed E-state index contributed by atoms with van der Waals surface area (Å²) < 4.78 is 12.5. The number of benzene rings is 3. The van der Waals surface area contributed by atoms with E-state index in [0.717, 1.165) is 33.1 Å². The van der Waals surface area contributed by atoms with Crippen molar-refractivity contribution < 1.29 is 9.18 Å². The SMILES string of the molecule is O=C1Nc2ccccc2[C@@]12C=C(c1ccc(F)cc1)Nc1ccccc1S2. The Kier molecular flexibility index (Phi) is 3.58. The summed E-state index contributed by atoms with van der Waals surface area (Å²) in [5.74, 6) is -0.367. The highest BCUT2D eigenvalue weighted by Gasteiger charge is 2.47. The molecular weight excluding hydrogens is 359 g/mol. The van der Waals surface area contributed by atoms with E-state index in [1.165, 1.54) is 23.9 Å². The molecule has 2 heterocycles. The predicted molar refractivity (Wildman–Crippen MR) is 107 cm³/mol. The van der Waals surface area contributed by atoms with E-state index >= 15 is 0 Å². The molecule has 5 heteroatoms. The van der Waals surface area contributed by atoms with Crippen LogP contribution in [0.4, 0.5) is 15.8 Å². The highest BCUT2D eigenvalue weighted by atomic mass is 32.2. The predicted octanol–water partition coefficient (Wildman–Crippen LogP) is 5.23. The fourth-order valence-electron chi connectivity index (χ4n) is 3.53. The average molecular weight is 374 g/mol. The Hall–Kier alpha value is -3.05. The third kappa shape index (κ3) is 2.54. The van der Waals surface area contributed by atoms with Gasteiger partial charge in [0.1, 0.15) is 10.6 Å². The molecule has 0 fully saturated rings. The van der Waals surface area contributed by atoms with E-state index < -0.39 is 4.75 Å². The molecule has 0 saturated carbocycles. The molecular formula is C22H15FN2OS. The second-order valence-electron chi connectivity index (χ2n) is 6.52. The van der Waals surface area contributed by atoms with Gasteiger partial charge in [-0.1, -0.05) is 54.2 Å². The van der Waals surface area contributed by atoms with Crippen LogP contribution in [0.25, 0.3) is 5.70 Å². The normalized spacial score (nSPS) is 20.2. The number of anilines is 2. The largest absolute Gasteiger partial charge is 0.354 e. The minimum Gasteiger partial charge on any atom is -0.354 e. The number of para-hydroxylation sites is 2. The Balaban J connectivity index is 1.76. The van der Waals surface area contributed by atoms with Crippen LogP contribution in [0.15, 0.2) is 83.8 Å². The van der Waals surface area contributed by atoms with Gasteiger partial charge in [0.05, 0.1) is 5.69 Å². The maximum absolute atomic E-state index is 13.4. The van der Waals surface area contributed by atoms with Crippen LogP contribution < -0.4 is 10.6 Å². The van der Waals surface area contributed by atoms with E-state index in [4.69, 9.17) is 0 Å². The number of halogens is 1. The number of nitrogens with one attached hydrogen (secondary N) is 2. The molecule has 0 unspecified atom stereocenters. The lowest BCUT2D eigenvalue weighted by Gasteiger charge is -2.22. The minimum atomic E-state index is -0.889. The molecule has 3 aromatic carbocycles. The van der Waals surface area contributed by atoms with Crippen molar-refractivity contribution in [3.8, 4) is 0 Å². The van der Waals surface area contributed by atoms with E-state index in [1.807, 2.05) is 54.6 Å². The number of rotatable bonds is 1. The van der Waals surface area contributed by atoms with Gasteiger partial charge < -0.3 is 10.6 Å². The molecule has 1 amide bonds. The third-order valence-corrected chi connectivity index (χ3v) is 6.26. The molecule has 27 heavy (non-hydrogen) atoms. The van der Waals surface area contributed by atoms with Gasteiger partial charge in [-0.05, 0) is 42.0 Å². The van der Waals surface area contributed by atoms with Crippen LogP contribution in [0.3, 0.4) is 0 Å². The van der Waals surface area contributed by atoms with E-state index in [9.17, 15) is 9.18 Å². The van der Waals surface area contributed by atoms with Crippen molar-refractivity contribution in [3.05, 3.63) is 95.8 Å². The molecule has 1 spiro atoms. The van der Waals surface area contributed by atoms with Crippen LogP contribution in [0.2, 0.25) is 0 Å². The molecule has 2 aliphatic heterocycles. The Labute approximate surface area is 160 Å². The van der Waals surface area contributed by atoms with Crippen molar-refractivity contribution in [1.29, 1.82) is 0 Å². The molecule has 3 aromatic rings. The van der Waals surface area contributed by atoms with Gasteiger partial charge in [-0.15, -0.1) is 0 Å². The van der Waals surface area contributed by atoms with Crippen LogP contribution in [0.1, 0.15) is 11.1 Å². The number of amides is 1. The van der Waals surface area contributed by atoms with Gasteiger partial charge in [0.2, 0.25) is 5.91 Å². The highest BCUT2D eigenvalue weighted by molar-refractivity contribution is 8.01.